The van der Waals surface area contributed by atoms with Gasteiger partial charge < -0.3 is 5.11 Å². The van der Waals surface area contributed by atoms with Crippen LogP contribution in [0.3, 0.4) is 0 Å². The van der Waals surface area contributed by atoms with Crippen LogP contribution >= 0.6 is 11.3 Å². The van der Waals surface area contributed by atoms with Gasteiger partial charge in [-0.05, 0) is 29.3 Å². The Balaban J connectivity index is 2.09. The summed E-state index contributed by atoms with van der Waals surface area (Å²) in [6.45, 7) is 0. The van der Waals surface area contributed by atoms with Crippen LogP contribution in [0.25, 0.3) is 0 Å². The molecule has 0 bridgehead atoms. The maximum atomic E-state index is 10.8. The van der Waals surface area contributed by atoms with Crippen LogP contribution < -0.4 is 0 Å². The number of carboxylic acids is 1. The van der Waals surface area contributed by atoms with Gasteiger partial charge in [-0.15, -0.1) is 11.3 Å². The third kappa shape index (κ3) is 1.75. The first-order valence-corrected chi connectivity index (χ1v) is 5.45. The molecular weight excluding hydrogens is 184 g/mol. The van der Waals surface area contributed by atoms with E-state index in [0.29, 0.717) is 4.88 Å². The molecule has 1 saturated carbocycles. The zero-order valence-electron chi connectivity index (χ0n) is 7.32. The molecule has 0 aliphatic heterocycles. The second-order valence-corrected chi connectivity index (χ2v) is 4.50. The summed E-state index contributed by atoms with van der Waals surface area (Å²) in [6.07, 6.45) is 4.83. The fraction of sp³-hybridized carbons (Fsp3) is 0.500. The summed E-state index contributed by atoms with van der Waals surface area (Å²) in [5.74, 6) is -0.0305. The molecule has 1 aliphatic carbocycles. The Hall–Kier alpha value is -0.830. The topological polar surface area (TPSA) is 37.3 Å². The quantitative estimate of drug-likeness (QED) is 0.807. The number of rotatable bonds is 3. The molecule has 1 heterocycles. The van der Waals surface area contributed by atoms with Crippen molar-refractivity contribution in [3.8, 4) is 0 Å². The minimum Gasteiger partial charge on any atom is -0.477 e. The van der Waals surface area contributed by atoms with Crippen molar-refractivity contribution in [1.29, 1.82) is 0 Å². The molecule has 0 amide bonds. The van der Waals surface area contributed by atoms with Gasteiger partial charge in [-0.25, -0.2) is 4.79 Å². The molecule has 0 spiro atoms. The first kappa shape index (κ1) is 8.75. The number of thiophene rings is 1. The van der Waals surface area contributed by atoms with Gasteiger partial charge in [0.15, 0.2) is 0 Å². The molecule has 2 rings (SSSR count). The van der Waals surface area contributed by atoms with Crippen molar-refractivity contribution in [3.05, 3.63) is 21.9 Å². The van der Waals surface area contributed by atoms with E-state index >= 15 is 0 Å². The van der Waals surface area contributed by atoms with Crippen LogP contribution in [0.5, 0.6) is 0 Å². The number of carboxylic acid groups (broad SMARTS) is 1. The molecule has 0 saturated heterocycles. The van der Waals surface area contributed by atoms with Crippen LogP contribution in [0.1, 0.15) is 34.5 Å². The van der Waals surface area contributed by atoms with Crippen LogP contribution in [0.4, 0.5) is 0 Å². The summed E-state index contributed by atoms with van der Waals surface area (Å²) in [5.41, 5.74) is 1.03. The average Bonchev–Trinajstić information content (AvgIpc) is 2.44. The van der Waals surface area contributed by atoms with Crippen LogP contribution in [-0.2, 0) is 6.42 Å². The number of hydrogen-bond acceptors (Lipinski definition) is 2. The van der Waals surface area contributed by atoms with Gasteiger partial charge in [0.25, 0.3) is 0 Å². The van der Waals surface area contributed by atoms with Crippen molar-refractivity contribution < 1.29 is 9.90 Å². The standard InChI is InChI=1S/C10H12O2S/c11-10(12)9-8(4-5-13-9)6-7-2-1-3-7/h4-5,7H,1-3,6H2,(H,11,12). The lowest BCUT2D eigenvalue weighted by atomic mass is 9.81. The zero-order valence-corrected chi connectivity index (χ0v) is 8.14. The van der Waals surface area contributed by atoms with Gasteiger partial charge in [-0.3, -0.25) is 0 Å². The third-order valence-electron chi connectivity index (χ3n) is 2.67. The second-order valence-electron chi connectivity index (χ2n) is 3.58. The monoisotopic (exact) mass is 196 g/mol. The predicted octanol–water partition coefficient (Wildman–Crippen LogP) is 2.79. The van der Waals surface area contributed by atoms with Crippen LogP contribution in [-0.4, -0.2) is 11.1 Å². The van der Waals surface area contributed by atoms with E-state index in [1.165, 1.54) is 30.6 Å². The fourth-order valence-corrected chi connectivity index (χ4v) is 2.46. The maximum Gasteiger partial charge on any atom is 0.346 e. The summed E-state index contributed by atoms with van der Waals surface area (Å²) in [6, 6.07) is 1.95. The molecule has 0 unspecified atom stereocenters. The largest absolute Gasteiger partial charge is 0.477 e. The molecule has 1 N–H and O–H groups in total. The van der Waals surface area contributed by atoms with Gasteiger partial charge in [-0.1, -0.05) is 19.3 Å². The lowest BCUT2D eigenvalue weighted by molar-refractivity contribution is 0.0700. The lowest BCUT2D eigenvalue weighted by Gasteiger charge is -2.24. The van der Waals surface area contributed by atoms with E-state index in [1.807, 2.05) is 11.4 Å². The first-order valence-electron chi connectivity index (χ1n) is 4.57. The molecule has 3 heteroatoms. The molecule has 0 atom stereocenters. The fourth-order valence-electron chi connectivity index (χ4n) is 1.69. The van der Waals surface area contributed by atoms with Crippen LogP contribution in [0.2, 0.25) is 0 Å². The normalized spacial score (nSPS) is 16.9. The molecule has 70 valence electrons. The van der Waals surface area contributed by atoms with E-state index in [2.05, 4.69) is 0 Å². The average molecular weight is 196 g/mol. The highest BCUT2D eigenvalue weighted by molar-refractivity contribution is 7.12. The Kier molecular flexibility index (Phi) is 2.36. The highest BCUT2D eigenvalue weighted by Gasteiger charge is 2.21. The van der Waals surface area contributed by atoms with Gasteiger partial charge in [0, 0.05) is 0 Å². The Labute approximate surface area is 81.2 Å². The molecule has 1 aliphatic rings. The molecule has 2 nitrogen and oxygen atoms in total. The Morgan fingerprint density at radius 2 is 2.38 bits per heavy atom. The molecule has 13 heavy (non-hydrogen) atoms. The predicted molar refractivity (Wildman–Crippen MR) is 52.3 cm³/mol. The van der Waals surface area contributed by atoms with E-state index in [-0.39, 0.29) is 0 Å². The first-order chi connectivity index (χ1) is 6.27. The Bertz CT molecular complexity index is 312. The number of hydrogen-bond donors (Lipinski definition) is 1. The highest BCUT2D eigenvalue weighted by Crippen LogP contribution is 2.31. The second kappa shape index (κ2) is 3.50. The number of carbonyl (C=O) groups is 1. The van der Waals surface area contributed by atoms with Gasteiger partial charge in [0.05, 0.1) is 0 Å². The molecule has 1 aromatic heterocycles. The zero-order chi connectivity index (χ0) is 9.26. The van der Waals surface area contributed by atoms with Gasteiger partial charge >= 0.3 is 5.97 Å². The smallest absolute Gasteiger partial charge is 0.346 e. The molecular formula is C10H12O2S. The van der Waals surface area contributed by atoms with Gasteiger partial charge in [0.1, 0.15) is 4.88 Å². The van der Waals surface area contributed by atoms with E-state index in [9.17, 15) is 4.79 Å². The van der Waals surface area contributed by atoms with Crippen molar-refractivity contribution in [2.75, 3.05) is 0 Å². The SMILES string of the molecule is O=C(O)c1sccc1CC1CCC1. The van der Waals surface area contributed by atoms with Crippen molar-refractivity contribution in [2.24, 2.45) is 5.92 Å². The summed E-state index contributed by atoms with van der Waals surface area (Å²) in [4.78, 5) is 11.3. The minimum absolute atomic E-state index is 0.534. The van der Waals surface area contributed by atoms with Crippen molar-refractivity contribution in [1.82, 2.24) is 0 Å². The van der Waals surface area contributed by atoms with E-state index in [0.717, 1.165) is 17.9 Å². The lowest BCUT2D eigenvalue weighted by Crippen LogP contribution is -2.14. The summed E-state index contributed by atoms with van der Waals surface area (Å²) in [5, 5.41) is 10.7. The van der Waals surface area contributed by atoms with Crippen molar-refractivity contribution in [3.63, 3.8) is 0 Å². The number of aromatic carboxylic acids is 1. The third-order valence-corrected chi connectivity index (χ3v) is 3.62. The van der Waals surface area contributed by atoms with Gasteiger partial charge in [-0.2, -0.15) is 0 Å². The summed E-state index contributed by atoms with van der Waals surface area (Å²) >= 11 is 1.33. The Morgan fingerprint density at radius 1 is 1.62 bits per heavy atom. The highest BCUT2D eigenvalue weighted by atomic mass is 32.1. The van der Waals surface area contributed by atoms with Crippen LogP contribution in [0, 0.1) is 5.92 Å². The van der Waals surface area contributed by atoms with Gasteiger partial charge in [0.2, 0.25) is 0 Å². The summed E-state index contributed by atoms with van der Waals surface area (Å²) in [7, 11) is 0. The van der Waals surface area contributed by atoms with Crippen LogP contribution in [0.15, 0.2) is 11.4 Å². The minimum atomic E-state index is -0.774. The molecule has 1 aromatic rings. The maximum absolute atomic E-state index is 10.8. The Morgan fingerprint density at radius 3 is 2.92 bits per heavy atom. The van der Waals surface area contributed by atoms with Crippen molar-refractivity contribution in [2.45, 2.75) is 25.7 Å². The van der Waals surface area contributed by atoms with E-state index < -0.39 is 5.97 Å². The molecule has 0 radical (unpaired) electrons. The molecule has 1 fully saturated rings. The summed E-state index contributed by atoms with van der Waals surface area (Å²) < 4.78 is 0. The molecule has 0 aromatic carbocycles. The van der Waals surface area contributed by atoms with Crippen molar-refractivity contribution >= 4 is 17.3 Å². The van der Waals surface area contributed by atoms with E-state index in [1.54, 1.807) is 0 Å². The van der Waals surface area contributed by atoms with E-state index in [4.69, 9.17) is 5.11 Å².